The van der Waals surface area contributed by atoms with Crippen LogP contribution in [0.1, 0.15) is 26.3 Å². The predicted molar refractivity (Wildman–Crippen MR) is 109 cm³/mol. The molecule has 0 aliphatic carbocycles. The maximum absolute atomic E-state index is 12.6. The molecule has 0 saturated carbocycles. The summed E-state index contributed by atoms with van der Waals surface area (Å²) < 4.78 is 4.68. The normalized spacial score (nSPS) is 10.2. The number of anilines is 3. The van der Waals surface area contributed by atoms with Gasteiger partial charge >= 0.3 is 5.97 Å². The number of carbonyl (C=O) groups is 2. The van der Waals surface area contributed by atoms with Crippen molar-refractivity contribution in [3.05, 3.63) is 82.5 Å². The fraction of sp³-hybridized carbons (Fsp3) is 0.0952. The molecule has 0 unspecified atom stereocenters. The number of methoxy groups -OCH3 is 1. The van der Waals surface area contributed by atoms with Crippen LogP contribution in [-0.4, -0.2) is 24.0 Å². The van der Waals surface area contributed by atoms with Crippen LogP contribution in [0.2, 0.25) is 5.02 Å². The number of amides is 1. The molecule has 0 spiro atoms. The molecule has 7 heteroatoms. The molecule has 28 heavy (non-hydrogen) atoms. The molecule has 142 valence electrons. The number of esters is 1. The summed E-state index contributed by atoms with van der Waals surface area (Å²) in [5.74, 6) is -0.169. The highest BCUT2D eigenvalue weighted by Crippen LogP contribution is 2.22. The van der Waals surface area contributed by atoms with Crippen LogP contribution in [0.25, 0.3) is 0 Å². The molecule has 1 aromatic heterocycles. The van der Waals surface area contributed by atoms with Gasteiger partial charge in [-0.3, -0.25) is 4.79 Å². The van der Waals surface area contributed by atoms with E-state index >= 15 is 0 Å². The number of hydrogen-bond donors (Lipinski definition) is 2. The van der Waals surface area contributed by atoms with E-state index in [-0.39, 0.29) is 5.91 Å². The summed E-state index contributed by atoms with van der Waals surface area (Å²) in [6, 6.07) is 15.3. The number of nitrogens with one attached hydrogen (secondary N) is 2. The van der Waals surface area contributed by atoms with Gasteiger partial charge in [-0.15, -0.1) is 0 Å². The van der Waals surface area contributed by atoms with Gasteiger partial charge in [-0.1, -0.05) is 17.7 Å². The molecule has 0 aliphatic heterocycles. The topological polar surface area (TPSA) is 80.3 Å². The van der Waals surface area contributed by atoms with Crippen LogP contribution in [0, 0.1) is 6.92 Å². The third-order valence-corrected chi connectivity index (χ3v) is 4.28. The molecule has 6 nitrogen and oxygen atoms in total. The predicted octanol–water partition coefficient (Wildman–Crippen LogP) is 4.83. The zero-order valence-corrected chi connectivity index (χ0v) is 16.1. The third-order valence-electron chi connectivity index (χ3n) is 4.05. The molecule has 0 atom stereocenters. The summed E-state index contributed by atoms with van der Waals surface area (Å²) in [5, 5.41) is 6.51. The van der Waals surface area contributed by atoms with E-state index in [1.807, 2.05) is 13.0 Å². The Morgan fingerprint density at radius 1 is 1.00 bits per heavy atom. The Morgan fingerprint density at radius 3 is 2.46 bits per heavy atom. The fourth-order valence-electron chi connectivity index (χ4n) is 2.52. The molecule has 2 aromatic carbocycles. The molecule has 0 saturated heterocycles. The van der Waals surface area contributed by atoms with Gasteiger partial charge in [0.05, 0.1) is 12.7 Å². The van der Waals surface area contributed by atoms with Gasteiger partial charge in [0.25, 0.3) is 5.91 Å². The number of rotatable bonds is 5. The quantitative estimate of drug-likeness (QED) is 0.605. The van der Waals surface area contributed by atoms with Crippen LogP contribution in [0.4, 0.5) is 17.2 Å². The average molecular weight is 396 g/mol. The summed E-state index contributed by atoms with van der Waals surface area (Å²) in [5.41, 5.74) is 3.19. The molecule has 0 radical (unpaired) electrons. The number of carbonyl (C=O) groups excluding carboxylic acids is 2. The monoisotopic (exact) mass is 395 g/mol. The molecule has 0 fully saturated rings. The molecule has 3 rings (SSSR count). The van der Waals surface area contributed by atoms with E-state index in [1.165, 1.54) is 7.11 Å². The van der Waals surface area contributed by atoms with Crippen LogP contribution in [0.3, 0.4) is 0 Å². The van der Waals surface area contributed by atoms with Crippen LogP contribution in [0.5, 0.6) is 0 Å². The summed E-state index contributed by atoms with van der Waals surface area (Å²) in [4.78, 5) is 28.3. The fourth-order valence-corrected chi connectivity index (χ4v) is 2.69. The number of pyridine rings is 1. The Hall–Kier alpha value is -3.38. The highest BCUT2D eigenvalue weighted by molar-refractivity contribution is 6.31. The van der Waals surface area contributed by atoms with Crippen molar-refractivity contribution in [2.45, 2.75) is 6.92 Å². The third kappa shape index (κ3) is 4.66. The van der Waals surface area contributed by atoms with Gasteiger partial charge in [0.15, 0.2) is 0 Å². The van der Waals surface area contributed by atoms with E-state index in [9.17, 15) is 9.59 Å². The van der Waals surface area contributed by atoms with Gasteiger partial charge in [-0.25, -0.2) is 9.78 Å². The Morgan fingerprint density at radius 2 is 1.75 bits per heavy atom. The zero-order chi connectivity index (χ0) is 20.1. The first-order valence-electron chi connectivity index (χ1n) is 8.45. The minimum Gasteiger partial charge on any atom is -0.465 e. The van der Waals surface area contributed by atoms with Crippen LogP contribution >= 0.6 is 11.6 Å². The van der Waals surface area contributed by atoms with Gasteiger partial charge in [-0.05, 0) is 61.0 Å². The maximum Gasteiger partial charge on any atom is 0.337 e. The van der Waals surface area contributed by atoms with Crippen LogP contribution in [-0.2, 0) is 4.74 Å². The number of ether oxygens (including phenoxy) is 1. The Labute approximate surface area is 167 Å². The van der Waals surface area contributed by atoms with Crippen molar-refractivity contribution in [1.29, 1.82) is 0 Å². The molecule has 1 heterocycles. The molecule has 0 aliphatic rings. The first-order valence-corrected chi connectivity index (χ1v) is 8.83. The standard InChI is InChI=1S/C21H18ClN3O3/c1-13-3-6-16(22)12-18(13)25-20(26)15-9-10-23-19(11-15)24-17-7-4-14(5-8-17)21(27)28-2/h3-12H,1-2H3,(H,23,24)(H,25,26). The molecule has 3 aromatic rings. The van der Waals surface area contributed by atoms with Crippen molar-refractivity contribution >= 4 is 40.7 Å². The number of halogens is 1. The van der Waals surface area contributed by atoms with Crippen molar-refractivity contribution in [2.24, 2.45) is 0 Å². The SMILES string of the molecule is COC(=O)c1ccc(Nc2cc(C(=O)Nc3cc(Cl)ccc3C)ccn2)cc1. The number of benzene rings is 2. The van der Waals surface area contributed by atoms with Crippen molar-refractivity contribution in [1.82, 2.24) is 4.98 Å². The molecule has 1 amide bonds. The first-order chi connectivity index (χ1) is 13.5. The second-order valence-electron chi connectivity index (χ2n) is 6.04. The van der Waals surface area contributed by atoms with Crippen LogP contribution in [0.15, 0.2) is 60.8 Å². The van der Waals surface area contributed by atoms with E-state index in [0.29, 0.717) is 27.7 Å². The van der Waals surface area contributed by atoms with Gasteiger partial charge in [0.2, 0.25) is 0 Å². The molecular weight excluding hydrogens is 378 g/mol. The number of hydrogen-bond acceptors (Lipinski definition) is 5. The summed E-state index contributed by atoms with van der Waals surface area (Å²) in [6.07, 6.45) is 1.55. The van der Waals surface area contributed by atoms with Crippen molar-refractivity contribution < 1.29 is 14.3 Å². The number of aromatic nitrogens is 1. The minimum absolute atomic E-state index is 0.267. The molecule has 0 bridgehead atoms. The van der Waals surface area contributed by atoms with E-state index < -0.39 is 5.97 Å². The minimum atomic E-state index is -0.403. The second-order valence-corrected chi connectivity index (χ2v) is 6.47. The van der Waals surface area contributed by atoms with Crippen molar-refractivity contribution in [3.63, 3.8) is 0 Å². The van der Waals surface area contributed by atoms with Crippen molar-refractivity contribution in [3.8, 4) is 0 Å². The summed E-state index contributed by atoms with van der Waals surface area (Å²) in [7, 11) is 1.33. The Bertz CT molecular complexity index is 1020. The Balaban J connectivity index is 1.74. The van der Waals surface area contributed by atoms with Crippen molar-refractivity contribution in [2.75, 3.05) is 17.7 Å². The van der Waals surface area contributed by atoms with E-state index in [4.69, 9.17) is 11.6 Å². The maximum atomic E-state index is 12.6. The molecule has 2 N–H and O–H groups in total. The van der Waals surface area contributed by atoms with E-state index in [2.05, 4.69) is 20.4 Å². The lowest BCUT2D eigenvalue weighted by molar-refractivity contribution is 0.0600. The van der Waals surface area contributed by atoms with Gasteiger partial charge in [-0.2, -0.15) is 0 Å². The molecular formula is C21H18ClN3O3. The lowest BCUT2D eigenvalue weighted by atomic mass is 10.1. The van der Waals surface area contributed by atoms with Gasteiger partial charge in [0.1, 0.15) is 5.82 Å². The summed E-state index contributed by atoms with van der Waals surface area (Å²) >= 11 is 6.00. The second kappa shape index (κ2) is 8.54. The smallest absolute Gasteiger partial charge is 0.337 e. The zero-order valence-electron chi connectivity index (χ0n) is 15.3. The lowest BCUT2D eigenvalue weighted by Crippen LogP contribution is -2.13. The highest BCUT2D eigenvalue weighted by atomic mass is 35.5. The Kier molecular flexibility index (Phi) is 5.91. The number of nitrogens with zero attached hydrogens (tertiary/aromatic N) is 1. The highest BCUT2D eigenvalue weighted by Gasteiger charge is 2.10. The van der Waals surface area contributed by atoms with E-state index in [0.717, 1.165) is 11.3 Å². The largest absolute Gasteiger partial charge is 0.465 e. The van der Waals surface area contributed by atoms with Gasteiger partial charge < -0.3 is 15.4 Å². The van der Waals surface area contributed by atoms with E-state index in [1.54, 1.807) is 54.7 Å². The van der Waals surface area contributed by atoms with Gasteiger partial charge in [0, 0.05) is 28.2 Å². The summed E-state index contributed by atoms with van der Waals surface area (Å²) in [6.45, 7) is 1.89. The first kappa shape index (κ1) is 19.4. The number of aryl methyl sites for hydroxylation is 1. The average Bonchev–Trinajstić information content (AvgIpc) is 2.71. The lowest BCUT2D eigenvalue weighted by Gasteiger charge is -2.10. The van der Waals surface area contributed by atoms with Crippen LogP contribution < -0.4 is 10.6 Å².